The Kier molecular flexibility index (Phi) is 6.68. The first-order valence-corrected chi connectivity index (χ1v) is 11.9. The number of carbonyl (C=O) groups is 3. The van der Waals surface area contributed by atoms with E-state index in [0.717, 1.165) is 11.1 Å². The minimum atomic E-state index is -0.560. The van der Waals surface area contributed by atoms with Crippen molar-refractivity contribution in [3.05, 3.63) is 119 Å². The Labute approximate surface area is 214 Å². The second kappa shape index (κ2) is 10.4. The van der Waals surface area contributed by atoms with Crippen LogP contribution in [0.15, 0.2) is 97.1 Å². The first-order valence-electron chi connectivity index (χ1n) is 11.9. The van der Waals surface area contributed by atoms with E-state index in [2.05, 4.69) is 40.2 Å². The van der Waals surface area contributed by atoms with E-state index in [-0.39, 0.29) is 24.3 Å². The Hall–Kier alpha value is -4.91. The minimum absolute atomic E-state index is 0.0188. The van der Waals surface area contributed by atoms with Crippen LogP contribution in [0.25, 0.3) is 11.1 Å². The molecule has 4 aromatic rings. The molecule has 184 valence electrons. The number of anilines is 2. The SMILES string of the molecule is CNC(=O)c1ccc(NC(=O)c2ccc(NC(=O)OCC3c4ccccc4-c4ccccc43)cc2)cc1. The van der Waals surface area contributed by atoms with Gasteiger partial charge in [-0.05, 0) is 70.8 Å². The summed E-state index contributed by atoms with van der Waals surface area (Å²) in [5.41, 5.74) is 6.65. The fraction of sp³-hybridized carbons (Fsp3) is 0.100. The zero-order chi connectivity index (χ0) is 25.8. The van der Waals surface area contributed by atoms with Gasteiger partial charge in [0, 0.05) is 35.5 Å². The first kappa shape index (κ1) is 23.8. The van der Waals surface area contributed by atoms with E-state index in [0.29, 0.717) is 22.5 Å². The third-order valence-electron chi connectivity index (χ3n) is 6.37. The zero-order valence-corrected chi connectivity index (χ0v) is 20.2. The molecule has 0 spiro atoms. The lowest BCUT2D eigenvalue weighted by molar-refractivity contribution is 0.0962. The zero-order valence-electron chi connectivity index (χ0n) is 20.2. The molecule has 4 aromatic carbocycles. The monoisotopic (exact) mass is 491 g/mol. The Morgan fingerprint density at radius 2 is 1.14 bits per heavy atom. The quantitative estimate of drug-likeness (QED) is 0.324. The molecule has 7 nitrogen and oxygen atoms in total. The summed E-state index contributed by atoms with van der Waals surface area (Å²) in [4.78, 5) is 36.7. The standard InChI is InChI=1S/C30H25N3O4/c1-31-28(34)19-10-14-21(15-11-19)32-29(35)20-12-16-22(17-13-20)33-30(36)37-18-27-25-8-4-2-6-23(25)24-7-3-5-9-26(24)27/h2-17,27H,18H2,1H3,(H,31,34)(H,32,35)(H,33,36). The van der Waals surface area contributed by atoms with Gasteiger partial charge in [0.25, 0.3) is 11.8 Å². The summed E-state index contributed by atoms with van der Waals surface area (Å²) < 4.78 is 5.58. The molecule has 0 saturated carbocycles. The average Bonchev–Trinajstić information content (AvgIpc) is 3.26. The van der Waals surface area contributed by atoms with Crippen LogP contribution < -0.4 is 16.0 Å². The Morgan fingerprint density at radius 3 is 1.68 bits per heavy atom. The van der Waals surface area contributed by atoms with E-state index >= 15 is 0 Å². The number of hydrogen-bond acceptors (Lipinski definition) is 4. The van der Waals surface area contributed by atoms with Gasteiger partial charge in [0.1, 0.15) is 6.61 Å². The number of fused-ring (bicyclic) bond motifs is 3. The molecule has 5 rings (SSSR count). The smallest absolute Gasteiger partial charge is 0.411 e. The number of amides is 3. The van der Waals surface area contributed by atoms with Crippen molar-refractivity contribution in [1.82, 2.24) is 5.32 Å². The van der Waals surface area contributed by atoms with Crippen LogP contribution in [0.4, 0.5) is 16.2 Å². The van der Waals surface area contributed by atoms with E-state index in [9.17, 15) is 14.4 Å². The van der Waals surface area contributed by atoms with Crippen LogP contribution in [-0.2, 0) is 4.74 Å². The van der Waals surface area contributed by atoms with Crippen LogP contribution in [-0.4, -0.2) is 31.6 Å². The molecule has 0 unspecified atom stereocenters. The van der Waals surface area contributed by atoms with Gasteiger partial charge in [0.05, 0.1) is 0 Å². The van der Waals surface area contributed by atoms with E-state index in [1.165, 1.54) is 11.1 Å². The van der Waals surface area contributed by atoms with E-state index in [1.54, 1.807) is 55.6 Å². The molecule has 1 aliphatic rings. The van der Waals surface area contributed by atoms with Gasteiger partial charge in [-0.15, -0.1) is 0 Å². The van der Waals surface area contributed by atoms with Gasteiger partial charge in [0.2, 0.25) is 0 Å². The fourth-order valence-corrected chi connectivity index (χ4v) is 4.51. The number of ether oxygens (including phenoxy) is 1. The summed E-state index contributed by atoms with van der Waals surface area (Å²) in [6, 6.07) is 29.5. The molecule has 3 N–H and O–H groups in total. The van der Waals surface area contributed by atoms with E-state index in [4.69, 9.17) is 4.74 Å². The highest BCUT2D eigenvalue weighted by molar-refractivity contribution is 6.05. The molecule has 0 atom stereocenters. The normalized spacial score (nSPS) is 11.7. The largest absolute Gasteiger partial charge is 0.448 e. The number of rotatable bonds is 6. The number of benzene rings is 4. The minimum Gasteiger partial charge on any atom is -0.448 e. The Balaban J connectivity index is 1.17. The van der Waals surface area contributed by atoms with Crippen molar-refractivity contribution in [1.29, 1.82) is 0 Å². The maximum atomic E-state index is 12.6. The van der Waals surface area contributed by atoms with Crippen molar-refractivity contribution in [2.45, 2.75) is 5.92 Å². The average molecular weight is 492 g/mol. The van der Waals surface area contributed by atoms with Crippen molar-refractivity contribution in [2.24, 2.45) is 0 Å². The second-order valence-electron chi connectivity index (χ2n) is 8.64. The maximum absolute atomic E-state index is 12.6. The summed E-state index contributed by atoms with van der Waals surface area (Å²) in [5, 5.41) is 8.06. The van der Waals surface area contributed by atoms with Crippen molar-refractivity contribution < 1.29 is 19.1 Å². The van der Waals surface area contributed by atoms with Gasteiger partial charge < -0.3 is 15.4 Å². The molecule has 0 aliphatic heterocycles. The summed E-state index contributed by atoms with van der Waals surface area (Å²) in [7, 11) is 1.56. The van der Waals surface area contributed by atoms with Gasteiger partial charge in [0.15, 0.2) is 0 Å². The molecular weight excluding hydrogens is 466 g/mol. The molecule has 0 bridgehead atoms. The Bertz CT molecular complexity index is 1420. The van der Waals surface area contributed by atoms with Gasteiger partial charge in [-0.3, -0.25) is 14.9 Å². The molecule has 0 heterocycles. The van der Waals surface area contributed by atoms with Crippen LogP contribution in [0.5, 0.6) is 0 Å². The molecule has 0 fully saturated rings. The van der Waals surface area contributed by atoms with Crippen molar-refractivity contribution >= 4 is 29.3 Å². The van der Waals surface area contributed by atoms with Crippen LogP contribution in [0.2, 0.25) is 0 Å². The summed E-state index contributed by atoms with van der Waals surface area (Å²) in [5.74, 6) is -0.521. The molecular formula is C30H25N3O4. The maximum Gasteiger partial charge on any atom is 0.411 e. The molecule has 1 aliphatic carbocycles. The third kappa shape index (κ3) is 5.06. The second-order valence-corrected chi connectivity index (χ2v) is 8.64. The highest BCUT2D eigenvalue weighted by Gasteiger charge is 2.29. The van der Waals surface area contributed by atoms with Crippen molar-refractivity contribution in [2.75, 3.05) is 24.3 Å². The molecule has 37 heavy (non-hydrogen) atoms. The van der Waals surface area contributed by atoms with Gasteiger partial charge in [-0.1, -0.05) is 48.5 Å². The van der Waals surface area contributed by atoms with E-state index < -0.39 is 6.09 Å². The fourth-order valence-electron chi connectivity index (χ4n) is 4.51. The van der Waals surface area contributed by atoms with Crippen LogP contribution in [0.1, 0.15) is 37.8 Å². The summed E-state index contributed by atoms with van der Waals surface area (Å²) in [6.07, 6.45) is -0.560. The molecule has 0 aromatic heterocycles. The van der Waals surface area contributed by atoms with Gasteiger partial charge in [-0.2, -0.15) is 0 Å². The van der Waals surface area contributed by atoms with Gasteiger partial charge in [-0.25, -0.2) is 4.79 Å². The lowest BCUT2D eigenvalue weighted by Gasteiger charge is -2.14. The van der Waals surface area contributed by atoms with Crippen molar-refractivity contribution in [3.8, 4) is 11.1 Å². The highest BCUT2D eigenvalue weighted by atomic mass is 16.5. The lowest BCUT2D eigenvalue weighted by atomic mass is 9.98. The molecule has 0 saturated heterocycles. The molecule has 0 radical (unpaired) electrons. The predicted molar refractivity (Wildman–Crippen MR) is 143 cm³/mol. The van der Waals surface area contributed by atoms with E-state index in [1.807, 2.05) is 24.3 Å². The predicted octanol–water partition coefficient (Wildman–Crippen LogP) is 5.66. The molecule has 3 amide bonds. The topological polar surface area (TPSA) is 96.5 Å². The summed E-state index contributed by atoms with van der Waals surface area (Å²) in [6.45, 7) is 0.221. The highest BCUT2D eigenvalue weighted by Crippen LogP contribution is 2.44. The number of carbonyl (C=O) groups excluding carboxylic acids is 3. The number of hydrogen-bond donors (Lipinski definition) is 3. The lowest BCUT2D eigenvalue weighted by Crippen LogP contribution is -2.18. The third-order valence-corrected chi connectivity index (χ3v) is 6.37. The summed E-state index contributed by atoms with van der Waals surface area (Å²) >= 11 is 0. The Morgan fingerprint density at radius 1 is 0.649 bits per heavy atom. The van der Waals surface area contributed by atoms with Crippen LogP contribution in [0, 0.1) is 0 Å². The van der Waals surface area contributed by atoms with Crippen LogP contribution in [0.3, 0.4) is 0 Å². The molecule has 7 heteroatoms. The first-order chi connectivity index (χ1) is 18.0. The van der Waals surface area contributed by atoms with Gasteiger partial charge >= 0.3 is 6.09 Å². The van der Waals surface area contributed by atoms with Crippen molar-refractivity contribution in [3.63, 3.8) is 0 Å². The number of nitrogens with one attached hydrogen (secondary N) is 3. The van der Waals surface area contributed by atoms with Crippen LogP contribution >= 0.6 is 0 Å².